The van der Waals surface area contributed by atoms with Crippen LogP contribution in [0.1, 0.15) is 44.7 Å². The molecule has 172 valence electrons. The minimum absolute atomic E-state index is 0.0383. The van der Waals surface area contributed by atoms with Crippen LogP contribution in [0.5, 0.6) is 0 Å². The number of nitrogens with zero attached hydrogens (tertiary/aromatic N) is 3. The zero-order chi connectivity index (χ0) is 23.4. The topological polar surface area (TPSA) is 74.1 Å². The molecule has 7 heteroatoms. The zero-order valence-corrected chi connectivity index (χ0v) is 20.1. The van der Waals surface area contributed by atoms with Crippen LogP contribution in [-0.4, -0.2) is 45.6 Å². The fraction of sp³-hybridized carbons (Fsp3) is 0.385. The summed E-state index contributed by atoms with van der Waals surface area (Å²) in [6, 6.07) is 17.4. The van der Waals surface area contributed by atoms with Crippen LogP contribution in [0.2, 0.25) is 0 Å². The Hall–Kier alpha value is -2.93. The van der Waals surface area contributed by atoms with Crippen molar-refractivity contribution < 1.29 is 9.59 Å². The molecule has 33 heavy (non-hydrogen) atoms. The largest absolute Gasteiger partial charge is 0.355 e. The summed E-state index contributed by atoms with van der Waals surface area (Å²) in [7, 11) is 0. The molecule has 0 aromatic heterocycles. The van der Waals surface area contributed by atoms with Gasteiger partial charge in [-0.05, 0) is 36.5 Å². The number of amides is 2. The smallest absolute Gasteiger partial charge is 0.259 e. The van der Waals surface area contributed by atoms with Gasteiger partial charge in [-0.25, -0.2) is 9.89 Å². The lowest BCUT2D eigenvalue weighted by atomic mass is 10.00. The maximum Gasteiger partial charge on any atom is 0.259 e. The first kappa shape index (κ1) is 23.2. The molecule has 2 aliphatic heterocycles. The van der Waals surface area contributed by atoms with Crippen LogP contribution >= 0.6 is 11.8 Å². The van der Waals surface area contributed by atoms with Gasteiger partial charge in [0.25, 0.3) is 5.91 Å². The van der Waals surface area contributed by atoms with Crippen molar-refractivity contribution in [2.45, 2.75) is 51.3 Å². The predicted octanol–water partition coefficient (Wildman–Crippen LogP) is 4.56. The monoisotopic (exact) mass is 462 g/mol. The quantitative estimate of drug-likeness (QED) is 0.625. The Balaban J connectivity index is 1.52. The van der Waals surface area contributed by atoms with Gasteiger partial charge in [-0.15, -0.1) is 0 Å². The van der Waals surface area contributed by atoms with E-state index < -0.39 is 6.04 Å². The van der Waals surface area contributed by atoms with Crippen molar-refractivity contribution in [2.24, 2.45) is 15.9 Å². The van der Waals surface area contributed by atoms with Crippen molar-refractivity contribution in [3.63, 3.8) is 0 Å². The molecule has 2 aromatic carbocycles. The average Bonchev–Trinajstić information content (AvgIpc) is 3.20. The van der Waals surface area contributed by atoms with Crippen molar-refractivity contribution in [3.05, 3.63) is 65.7 Å². The molecular formula is C26H30N4O2S. The molecule has 2 aromatic rings. The minimum Gasteiger partial charge on any atom is -0.355 e. The number of benzene rings is 2. The van der Waals surface area contributed by atoms with Crippen LogP contribution in [-0.2, 0) is 16.0 Å². The highest BCUT2D eigenvalue weighted by molar-refractivity contribution is 8.15. The number of hydrogen-bond acceptors (Lipinski definition) is 5. The average molecular weight is 463 g/mol. The number of carbonyl (C=O) groups is 2. The Bertz CT molecular complexity index is 1080. The molecule has 2 aliphatic rings. The molecule has 0 unspecified atom stereocenters. The van der Waals surface area contributed by atoms with Crippen molar-refractivity contribution in [2.75, 3.05) is 6.54 Å². The van der Waals surface area contributed by atoms with Crippen LogP contribution in [0.4, 0.5) is 5.69 Å². The van der Waals surface area contributed by atoms with E-state index in [1.165, 1.54) is 17.3 Å². The third kappa shape index (κ3) is 4.88. The lowest BCUT2D eigenvalue weighted by Gasteiger charge is -2.27. The van der Waals surface area contributed by atoms with E-state index in [0.29, 0.717) is 24.0 Å². The van der Waals surface area contributed by atoms with E-state index in [9.17, 15) is 9.59 Å². The Kier molecular flexibility index (Phi) is 7.28. The van der Waals surface area contributed by atoms with Gasteiger partial charge in [0.05, 0.1) is 10.9 Å². The van der Waals surface area contributed by atoms with E-state index in [0.717, 1.165) is 24.1 Å². The van der Waals surface area contributed by atoms with E-state index in [2.05, 4.69) is 31.3 Å². The fourth-order valence-corrected chi connectivity index (χ4v) is 5.02. The molecule has 4 rings (SSSR count). The standard InChI is InChI=1S/C26H30N4O2S/c1-4-17(3)22-25(32)30-23(29-22)19-13-9-10-14-20(19)28-26(30)33-21(5-2)24(31)27-16-15-18-11-7-6-8-12-18/h6-14,17,21-22H,4-5,15-16H2,1-3H3,(H,27,31)/t17-,21-,22+/m0/s1. The van der Waals surface area contributed by atoms with Crippen LogP contribution in [0.15, 0.2) is 64.6 Å². The molecule has 0 radical (unpaired) electrons. The molecule has 2 heterocycles. The second-order valence-corrected chi connectivity index (χ2v) is 9.58. The normalized spacial score (nSPS) is 18.7. The summed E-state index contributed by atoms with van der Waals surface area (Å²) in [5.41, 5.74) is 2.83. The molecule has 6 nitrogen and oxygen atoms in total. The molecule has 0 saturated carbocycles. The van der Waals surface area contributed by atoms with E-state index in [4.69, 9.17) is 9.98 Å². The molecule has 0 spiro atoms. The number of rotatable bonds is 8. The van der Waals surface area contributed by atoms with Gasteiger partial charge in [0, 0.05) is 12.1 Å². The van der Waals surface area contributed by atoms with E-state index in [1.54, 1.807) is 4.90 Å². The van der Waals surface area contributed by atoms with Crippen molar-refractivity contribution in [1.82, 2.24) is 10.2 Å². The summed E-state index contributed by atoms with van der Waals surface area (Å²) >= 11 is 1.35. The van der Waals surface area contributed by atoms with E-state index in [1.807, 2.05) is 49.4 Å². The molecule has 0 aliphatic carbocycles. The second-order valence-electron chi connectivity index (χ2n) is 8.41. The van der Waals surface area contributed by atoms with Crippen LogP contribution in [0, 0.1) is 5.92 Å². The lowest BCUT2D eigenvalue weighted by Crippen LogP contribution is -2.44. The number of nitrogens with one attached hydrogen (secondary N) is 1. The summed E-state index contributed by atoms with van der Waals surface area (Å²) in [4.78, 5) is 37.5. The molecule has 0 bridgehead atoms. The number of para-hydroxylation sites is 1. The first-order chi connectivity index (χ1) is 16.0. The maximum absolute atomic E-state index is 13.3. The number of carbonyl (C=O) groups excluding carboxylic acids is 2. The summed E-state index contributed by atoms with van der Waals surface area (Å²) in [6.45, 7) is 6.67. The maximum atomic E-state index is 13.3. The number of fused-ring (bicyclic) bond motifs is 3. The Labute approximate surface area is 199 Å². The number of hydrogen-bond donors (Lipinski definition) is 1. The third-order valence-corrected chi connectivity index (χ3v) is 7.47. The van der Waals surface area contributed by atoms with Crippen LogP contribution in [0.25, 0.3) is 0 Å². The molecule has 2 amide bonds. The first-order valence-electron chi connectivity index (χ1n) is 11.6. The van der Waals surface area contributed by atoms with Gasteiger partial charge in [0.2, 0.25) is 5.91 Å². The number of thioether (sulfide) groups is 1. The van der Waals surface area contributed by atoms with Crippen LogP contribution in [0.3, 0.4) is 0 Å². The summed E-state index contributed by atoms with van der Waals surface area (Å²) < 4.78 is 0. The second kappa shape index (κ2) is 10.3. The predicted molar refractivity (Wildman–Crippen MR) is 135 cm³/mol. The number of aliphatic imine (C=N–C) groups is 2. The zero-order valence-electron chi connectivity index (χ0n) is 19.3. The first-order valence-corrected chi connectivity index (χ1v) is 12.5. The molecule has 3 atom stereocenters. The number of amidine groups is 2. The van der Waals surface area contributed by atoms with Crippen molar-refractivity contribution in [1.29, 1.82) is 0 Å². The Morgan fingerprint density at radius 2 is 1.82 bits per heavy atom. The van der Waals surface area contributed by atoms with Gasteiger partial charge in [0.1, 0.15) is 11.9 Å². The lowest BCUT2D eigenvalue weighted by molar-refractivity contribution is -0.125. The van der Waals surface area contributed by atoms with Crippen molar-refractivity contribution >= 4 is 40.3 Å². The highest BCUT2D eigenvalue weighted by atomic mass is 32.2. The van der Waals surface area contributed by atoms with Gasteiger partial charge >= 0.3 is 0 Å². The minimum atomic E-state index is -0.415. The molecule has 0 fully saturated rings. The summed E-state index contributed by atoms with van der Waals surface area (Å²) in [6.07, 6.45) is 2.27. The fourth-order valence-electron chi connectivity index (χ4n) is 3.98. The van der Waals surface area contributed by atoms with E-state index >= 15 is 0 Å². The summed E-state index contributed by atoms with van der Waals surface area (Å²) in [5.74, 6) is 0.693. The summed E-state index contributed by atoms with van der Waals surface area (Å²) in [5, 5.41) is 3.24. The van der Waals surface area contributed by atoms with Gasteiger partial charge in [0.15, 0.2) is 5.17 Å². The van der Waals surface area contributed by atoms with Crippen LogP contribution < -0.4 is 5.32 Å². The van der Waals surface area contributed by atoms with Gasteiger partial charge in [-0.1, -0.05) is 81.4 Å². The molecule has 0 saturated heterocycles. The third-order valence-electron chi connectivity index (χ3n) is 6.15. The molecular weight excluding hydrogens is 432 g/mol. The Morgan fingerprint density at radius 1 is 1.09 bits per heavy atom. The highest BCUT2D eigenvalue weighted by Gasteiger charge is 2.43. The SMILES string of the molecule is CC[C@H](SC1=Nc2ccccc2C2=N[C@H]([C@@H](C)CC)C(=O)N12)C(=O)NCCc1ccccc1. The van der Waals surface area contributed by atoms with Gasteiger partial charge in [-0.2, -0.15) is 0 Å². The Morgan fingerprint density at radius 3 is 2.55 bits per heavy atom. The van der Waals surface area contributed by atoms with Gasteiger partial charge < -0.3 is 5.32 Å². The van der Waals surface area contributed by atoms with Gasteiger partial charge in [-0.3, -0.25) is 14.6 Å². The molecule has 1 N–H and O–H groups in total. The van der Waals surface area contributed by atoms with E-state index in [-0.39, 0.29) is 23.0 Å². The highest BCUT2D eigenvalue weighted by Crippen LogP contribution is 2.36. The van der Waals surface area contributed by atoms with Crippen molar-refractivity contribution in [3.8, 4) is 0 Å².